The van der Waals surface area contributed by atoms with Gasteiger partial charge in [-0.3, -0.25) is 9.58 Å². The second kappa shape index (κ2) is 6.41. The lowest BCUT2D eigenvalue weighted by Crippen LogP contribution is -2.45. The molecule has 3 rings (SSSR count). The maximum Gasteiger partial charge on any atom is 0.0597 e. The molecule has 1 atom stereocenters. The van der Waals surface area contributed by atoms with Crippen molar-refractivity contribution in [3.63, 3.8) is 0 Å². The van der Waals surface area contributed by atoms with E-state index in [2.05, 4.69) is 70.2 Å². The van der Waals surface area contributed by atoms with Crippen molar-refractivity contribution in [2.24, 2.45) is 0 Å². The zero-order valence-electron chi connectivity index (χ0n) is 12.9. The molecule has 4 nitrogen and oxygen atoms in total. The summed E-state index contributed by atoms with van der Waals surface area (Å²) in [6.45, 7) is 9.28. The first-order chi connectivity index (χ1) is 10.3. The number of hydrogen-bond donors (Lipinski definition) is 1. The molecule has 112 valence electrons. The molecule has 4 heteroatoms. The van der Waals surface area contributed by atoms with Gasteiger partial charge in [0.05, 0.1) is 11.4 Å². The zero-order chi connectivity index (χ0) is 14.7. The third-order valence-electron chi connectivity index (χ3n) is 4.19. The number of nitrogens with one attached hydrogen (secondary N) is 1. The lowest BCUT2D eigenvalue weighted by atomic mass is 10.0. The summed E-state index contributed by atoms with van der Waals surface area (Å²) in [6.07, 6.45) is 0. The maximum atomic E-state index is 4.57. The van der Waals surface area contributed by atoms with Crippen LogP contribution >= 0.6 is 0 Å². The molecule has 1 aliphatic rings. The average Bonchev–Trinajstić information content (AvgIpc) is 2.88. The van der Waals surface area contributed by atoms with Crippen LogP contribution in [0.4, 0.5) is 0 Å². The molecule has 1 N–H and O–H groups in total. The van der Waals surface area contributed by atoms with Crippen LogP contribution in [0, 0.1) is 6.92 Å². The second-order valence-corrected chi connectivity index (χ2v) is 5.69. The van der Waals surface area contributed by atoms with Crippen molar-refractivity contribution in [3.8, 4) is 0 Å². The molecule has 1 aliphatic heterocycles. The Balaban J connectivity index is 1.81. The van der Waals surface area contributed by atoms with E-state index in [0.717, 1.165) is 38.4 Å². The molecular formula is C17H24N4. The van der Waals surface area contributed by atoms with Crippen LogP contribution in [-0.2, 0) is 13.1 Å². The van der Waals surface area contributed by atoms with Gasteiger partial charge in [0.25, 0.3) is 0 Å². The monoisotopic (exact) mass is 284 g/mol. The van der Waals surface area contributed by atoms with Crippen molar-refractivity contribution in [2.45, 2.75) is 33.0 Å². The van der Waals surface area contributed by atoms with Gasteiger partial charge in [-0.2, -0.15) is 5.10 Å². The van der Waals surface area contributed by atoms with Crippen LogP contribution in [0.2, 0.25) is 0 Å². The van der Waals surface area contributed by atoms with Crippen LogP contribution in [0.15, 0.2) is 36.4 Å². The van der Waals surface area contributed by atoms with Crippen molar-refractivity contribution in [3.05, 3.63) is 53.3 Å². The number of nitrogens with zero attached hydrogens (tertiary/aromatic N) is 3. The SMILES string of the molecule is CCn1nc(C)cc1CN1CCNCC1c1ccccc1. The molecular weight excluding hydrogens is 260 g/mol. The number of hydrogen-bond acceptors (Lipinski definition) is 3. The Kier molecular flexibility index (Phi) is 4.36. The Morgan fingerprint density at radius 1 is 1.29 bits per heavy atom. The largest absolute Gasteiger partial charge is 0.314 e. The van der Waals surface area contributed by atoms with E-state index in [9.17, 15) is 0 Å². The average molecular weight is 284 g/mol. The molecule has 0 radical (unpaired) electrons. The van der Waals surface area contributed by atoms with Gasteiger partial charge in [0.15, 0.2) is 0 Å². The molecule has 0 amide bonds. The van der Waals surface area contributed by atoms with Crippen LogP contribution in [0.25, 0.3) is 0 Å². The number of aryl methyl sites for hydroxylation is 2. The molecule has 1 fully saturated rings. The quantitative estimate of drug-likeness (QED) is 0.935. The molecule has 1 aromatic heterocycles. The molecule has 0 saturated carbocycles. The third-order valence-corrected chi connectivity index (χ3v) is 4.19. The van der Waals surface area contributed by atoms with Gasteiger partial charge in [0.2, 0.25) is 0 Å². The van der Waals surface area contributed by atoms with E-state index >= 15 is 0 Å². The van der Waals surface area contributed by atoms with Crippen molar-refractivity contribution in [2.75, 3.05) is 19.6 Å². The highest BCUT2D eigenvalue weighted by atomic mass is 15.3. The third kappa shape index (κ3) is 3.17. The minimum atomic E-state index is 0.445. The number of benzene rings is 1. The zero-order valence-corrected chi connectivity index (χ0v) is 12.9. The van der Waals surface area contributed by atoms with Gasteiger partial charge in [-0.25, -0.2) is 0 Å². The predicted octanol–water partition coefficient (Wildman–Crippen LogP) is 2.36. The van der Waals surface area contributed by atoms with Gasteiger partial charge in [0.1, 0.15) is 0 Å². The van der Waals surface area contributed by atoms with Crippen LogP contribution < -0.4 is 5.32 Å². The molecule has 1 unspecified atom stereocenters. The molecule has 1 aromatic carbocycles. The Labute approximate surface area is 126 Å². The van der Waals surface area contributed by atoms with E-state index < -0.39 is 0 Å². The maximum absolute atomic E-state index is 4.57. The summed E-state index contributed by atoms with van der Waals surface area (Å²) in [6, 6.07) is 13.5. The first kappa shape index (κ1) is 14.3. The van der Waals surface area contributed by atoms with Gasteiger partial charge >= 0.3 is 0 Å². The smallest absolute Gasteiger partial charge is 0.0597 e. The minimum Gasteiger partial charge on any atom is -0.314 e. The van der Waals surface area contributed by atoms with E-state index in [1.807, 2.05) is 0 Å². The van der Waals surface area contributed by atoms with Crippen LogP contribution in [-0.4, -0.2) is 34.3 Å². The first-order valence-corrected chi connectivity index (χ1v) is 7.81. The summed E-state index contributed by atoms with van der Waals surface area (Å²) >= 11 is 0. The van der Waals surface area contributed by atoms with Crippen LogP contribution in [0.1, 0.15) is 29.9 Å². The topological polar surface area (TPSA) is 33.1 Å². The van der Waals surface area contributed by atoms with Crippen molar-refractivity contribution < 1.29 is 0 Å². The fourth-order valence-corrected chi connectivity index (χ4v) is 3.15. The molecule has 1 saturated heterocycles. The molecule has 2 aromatic rings. The molecule has 21 heavy (non-hydrogen) atoms. The molecule has 2 heterocycles. The molecule has 0 bridgehead atoms. The van der Waals surface area contributed by atoms with E-state index in [4.69, 9.17) is 0 Å². The standard InChI is InChI=1S/C17H24N4/c1-3-21-16(11-14(2)19-21)13-20-10-9-18-12-17(20)15-7-5-4-6-8-15/h4-8,11,17-18H,3,9-10,12-13H2,1-2H3. The van der Waals surface area contributed by atoms with Gasteiger partial charge in [-0.1, -0.05) is 30.3 Å². The lowest BCUT2D eigenvalue weighted by Gasteiger charge is -2.36. The Morgan fingerprint density at radius 3 is 2.86 bits per heavy atom. The van der Waals surface area contributed by atoms with Crippen molar-refractivity contribution in [1.82, 2.24) is 20.0 Å². The lowest BCUT2D eigenvalue weighted by molar-refractivity contribution is 0.149. The predicted molar refractivity (Wildman–Crippen MR) is 85.1 cm³/mol. The Morgan fingerprint density at radius 2 is 2.10 bits per heavy atom. The second-order valence-electron chi connectivity index (χ2n) is 5.69. The first-order valence-electron chi connectivity index (χ1n) is 7.81. The van der Waals surface area contributed by atoms with Gasteiger partial charge in [-0.05, 0) is 25.5 Å². The highest BCUT2D eigenvalue weighted by Gasteiger charge is 2.24. The summed E-state index contributed by atoms with van der Waals surface area (Å²) in [5.41, 5.74) is 3.82. The van der Waals surface area contributed by atoms with Gasteiger partial charge in [-0.15, -0.1) is 0 Å². The fraction of sp³-hybridized carbons (Fsp3) is 0.471. The summed E-state index contributed by atoms with van der Waals surface area (Å²) < 4.78 is 2.12. The van der Waals surface area contributed by atoms with Gasteiger partial charge < -0.3 is 5.32 Å². The minimum absolute atomic E-state index is 0.445. The summed E-state index contributed by atoms with van der Waals surface area (Å²) in [7, 11) is 0. The van der Waals surface area contributed by atoms with E-state index in [0.29, 0.717) is 6.04 Å². The summed E-state index contributed by atoms with van der Waals surface area (Å²) in [4.78, 5) is 2.56. The summed E-state index contributed by atoms with van der Waals surface area (Å²) in [5.74, 6) is 0. The highest BCUT2D eigenvalue weighted by Crippen LogP contribution is 2.24. The number of aromatic nitrogens is 2. The normalized spacial score (nSPS) is 19.8. The summed E-state index contributed by atoms with van der Waals surface area (Å²) in [5, 5.41) is 8.09. The van der Waals surface area contributed by atoms with E-state index in [-0.39, 0.29) is 0 Å². The fourth-order valence-electron chi connectivity index (χ4n) is 3.15. The Bertz CT molecular complexity index is 576. The van der Waals surface area contributed by atoms with Crippen LogP contribution in [0.3, 0.4) is 0 Å². The van der Waals surface area contributed by atoms with Crippen molar-refractivity contribution >= 4 is 0 Å². The highest BCUT2D eigenvalue weighted by molar-refractivity contribution is 5.20. The van der Waals surface area contributed by atoms with Gasteiger partial charge in [0, 0.05) is 38.8 Å². The molecule has 0 aliphatic carbocycles. The molecule has 0 spiro atoms. The Hall–Kier alpha value is -1.65. The van der Waals surface area contributed by atoms with E-state index in [1.54, 1.807) is 0 Å². The number of rotatable bonds is 4. The van der Waals surface area contributed by atoms with E-state index in [1.165, 1.54) is 11.3 Å². The van der Waals surface area contributed by atoms with Crippen molar-refractivity contribution in [1.29, 1.82) is 0 Å². The van der Waals surface area contributed by atoms with Crippen LogP contribution in [0.5, 0.6) is 0 Å². The number of piperazine rings is 1.